The molecule has 0 saturated heterocycles. The van der Waals surface area contributed by atoms with Gasteiger partial charge in [-0.25, -0.2) is 0 Å². The van der Waals surface area contributed by atoms with Crippen molar-refractivity contribution in [1.82, 2.24) is 15.5 Å². The van der Waals surface area contributed by atoms with Gasteiger partial charge in [0, 0.05) is 10.9 Å². The second-order valence-corrected chi connectivity index (χ2v) is 3.60. The summed E-state index contributed by atoms with van der Waals surface area (Å²) in [6, 6.07) is 5.28. The SMILES string of the molecule is CNCC(=O)c1ccc2c(Cl)[nH]nc2c1. The van der Waals surface area contributed by atoms with Crippen LogP contribution in [0.2, 0.25) is 5.15 Å². The van der Waals surface area contributed by atoms with Gasteiger partial charge in [-0.05, 0) is 19.2 Å². The summed E-state index contributed by atoms with van der Waals surface area (Å²) in [7, 11) is 1.74. The van der Waals surface area contributed by atoms with Crippen LogP contribution in [0.4, 0.5) is 0 Å². The van der Waals surface area contributed by atoms with Crippen molar-refractivity contribution in [3.05, 3.63) is 28.9 Å². The summed E-state index contributed by atoms with van der Waals surface area (Å²) >= 11 is 5.85. The van der Waals surface area contributed by atoms with Crippen LogP contribution in [0.1, 0.15) is 10.4 Å². The molecular weight excluding hydrogens is 214 g/mol. The van der Waals surface area contributed by atoms with E-state index >= 15 is 0 Å². The topological polar surface area (TPSA) is 57.8 Å². The summed E-state index contributed by atoms with van der Waals surface area (Å²) in [6.07, 6.45) is 0. The van der Waals surface area contributed by atoms with Gasteiger partial charge in [-0.2, -0.15) is 5.10 Å². The van der Waals surface area contributed by atoms with E-state index in [4.69, 9.17) is 11.6 Å². The number of benzene rings is 1. The van der Waals surface area contributed by atoms with Gasteiger partial charge in [0.05, 0.1) is 12.1 Å². The lowest BCUT2D eigenvalue weighted by atomic mass is 10.1. The number of fused-ring (bicyclic) bond motifs is 1. The minimum Gasteiger partial charge on any atom is -0.313 e. The zero-order valence-corrected chi connectivity index (χ0v) is 8.93. The third-order valence-corrected chi connectivity index (χ3v) is 2.46. The lowest BCUT2D eigenvalue weighted by Gasteiger charge is -1.99. The molecule has 0 aliphatic heterocycles. The van der Waals surface area contributed by atoms with Gasteiger partial charge in [0.1, 0.15) is 5.15 Å². The standard InChI is InChI=1S/C10H10ClN3O/c1-12-5-9(15)6-2-3-7-8(4-6)13-14-10(7)11/h2-4,12H,5H2,1H3,(H,13,14). The molecule has 0 radical (unpaired) electrons. The molecule has 1 heterocycles. The van der Waals surface area contributed by atoms with E-state index in [1.54, 1.807) is 25.2 Å². The number of aromatic nitrogens is 2. The first-order chi connectivity index (χ1) is 7.22. The van der Waals surface area contributed by atoms with E-state index in [9.17, 15) is 4.79 Å². The van der Waals surface area contributed by atoms with E-state index in [1.165, 1.54) is 0 Å². The summed E-state index contributed by atoms with van der Waals surface area (Å²) in [5.41, 5.74) is 1.35. The number of carbonyl (C=O) groups is 1. The molecule has 0 bridgehead atoms. The number of hydrogen-bond acceptors (Lipinski definition) is 3. The van der Waals surface area contributed by atoms with Crippen molar-refractivity contribution in [3.63, 3.8) is 0 Å². The van der Waals surface area contributed by atoms with Gasteiger partial charge in [0.2, 0.25) is 0 Å². The maximum absolute atomic E-state index is 11.6. The summed E-state index contributed by atoms with van der Waals surface area (Å²) in [5.74, 6) is 0.0403. The highest BCUT2D eigenvalue weighted by molar-refractivity contribution is 6.34. The summed E-state index contributed by atoms with van der Waals surface area (Å²) < 4.78 is 0. The number of carbonyl (C=O) groups excluding carboxylic acids is 1. The second kappa shape index (κ2) is 4.00. The van der Waals surface area contributed by atoms with Crippen molar-refractivity contribution in [1.29, 1.82) is 0 Å². The number of aromatic amines is 1. The van der Waals surface area contributed by atoms with Crippen molar-refractivity contribution in [2.24, 2.45) is 0 Å². The van der Waals surface area contributed by atoms with Crippen LogP contribution in [0.5, 0.6) is 0 Å². The average Bonchev–Trinajstić information content (AvgIpc) is 2.60. The first-order valence-electron chi connectivity index (χ1n) is 4.54. The van der Waals surface area contributed by atoms with Crippen molar-refractivity contribution in [2.45, 2.75) is 0 Å². The Kier molecular flexibility index (Phi) is 2.70. The number of rotatable bonds is 3. The molecule has 5 heteroatoms. The molecule has 1 aromatic carbocycles. The van der Waals surface area contributed by atoms with Gasteiger partial charge in [-0.15, -0.1) is 0 Å². The van der Waals surface area contributed by atoms with Crippen LogP contribution >= 0.6 is 11.6 Å². The molecule has 0 fully saturated rings. The molecule has 15 heavy (non-hydrogen) atoms. The van der Waals surface area contributed by atoms with E-state index in [-0.39, 0.29) is 5.78 Å². The van der Waals surface area contributed by atoms with Crippen molar-refractivity contribution in [3.8, 4) is 0 Å². The monoisotopic (exact) mass is 223 g/mol. The van der Waals surface area contributed by atoms with Crippen LogP contribution in [0, 0.1) is 0 Å². The number of nitrogens with one attached hydrogen (secondary N) is 2. The molecule has 0 unspecified atom stereocenters. The number of hydrogen-bond donors (Lipinski definition) is 2. The molecular formula is C10H10ClN3O. The van der Waals surface area contributed by atoms with Crippen LogP contribution in [0.25, 0.3) is 10.9 Å². The summed E-state index contributed by atoms with van der Waals surface area (Å²) in [5, 5.41) is 10.8. The number of Topliss-reactive ketones (excluding diaryl/α,β-unsaturated/α-hetero) is 1. The highest BCUT2D eigenvalue weighted by Crippen LogP contribution is 2.21. The molecule has 1 aromatic heterocycles. The fraction of sp³-hybridized carbons (Fsp3) is 0.200. The first kappa shape index (κ1) is 10.1. The summed E-state index contributed by atoms with van der Waals surface area (Å²) in [4.78, 5) is 11.6. The quantitative estimate of drug-likeness (QED) is 0.778. The van der Waals surface area contributed by atoms with Crippen molar-refractivity contribution >= 4 is 28.3 Å². The Morgan fingerprint density at radius 3 is 3.13 bits per heavy atom. The number of ketones is 1. The normalized spacial score (nSPS) is 10.8. The lowest BCUT2D eigenvalue weighted by Crippen LogP contribution is -2.18. The van der Waals surface area contributed by atoms with Gasteiger partial charge in [-0.1, -0.05) is 17.7 Å². The molecule has 0 aliphatic carbocycles. The van der Waals surface area contributed by atoms with Gasteiger partial charge in [-0.3, -0.25) is 9.89 Å². The molecule has 0 amide bonds. The van der Waals surface area contributed by atoms with Crippen molar-refractivity contribution in [2.75, 3.05) is 13.6 Å². The van der Waals surface area contributed by atoms with Gasteiger partial charge >= 0.3 is 0 Å². The molecule has 2 rings (SSSR count). The van der Waals surface area contributed by atoms with Gasteiger partial charge < -0.3 is 5.32 Å². The van der Waals surface area contributed by atoms with Crippen molar-refractivity contribution < 1.29 is 4.79 Å². The van der Waals surface area contributed by atoms with Crippen LogP contribution in [-0.2, 0) is 0 Å². The highest BCUT2D eigenvalue weighted by atomic mass is 35.5. The number of nitrogens with zero attached hydrogens (tertiary/aromatic N) is 1. The smallest absolute Gasteiger partial charge is 0.176 e. The minimum atomic E-state index is 0.0403. The minimum absolute atomic E-state index is 0.0403. The fourth-order valence-corrected chi connectivity index (χ4v) is 1.62. The summed E-state index contributed by atoms with van der Waals surface area (Å²) in [6.45, 7) is 0.323. The molecule has 0 atom stereocenters. The Bertz CT molecular complexity index is 506. The van der Waals surface area contributed by atoms with E-state index in [1.807, 2.05) is 0 Å². The number of likely N-dealkylation sites (N-methyl/N-ethyl adjacent to an activating group) is 1. The maximum Gasteiger partial charge on any atom is 0.176 e. The maximum atomic E-state index is 11.6. The predicted molar refractivity (Wildman–Crippen MR) is 59.4 cm³/mol. The van der Waals surface area contributed by atoms with E-state index < -0.39 is 0 Å². The Morgan fingerprint density at radius 1 is 1.60 bits per heavy atom. The van der Waals surface area contributed by atoms with E-state index in [0.717, 1.165) is 5.39 Å². The van der Waals surface area contributed by atoms with E-state index in [0.29, 0.717) is 22.8 Å². The highest BCUT2D eigenvalue weighted by Gasteiger charge is 2.08. The third kappa shape index (κ3) is 1.86. The van der Waals surface area contributed by atoms with Crippen LogP contribution in [0.15, 0.2) is 18.2 Å². The lowest BCUT2D eigenvalue weighted by molar-refractivity contribution is 0.0993. The van der Waals surface area contributed by atoms with Crippen LogP contribution in [0.3, 0.4) is 0 Å². The average molecular weight is 224 g/mol. The van der Waals surface area contributed by atoms with Gasteiger partial charge in [0.25, 0.3) is 0 Å². The fourth-order valence-electron chi connectivity index (χ4n) is 1.42. The third-order valence-electron chi connectivity index (χ3n) is 2.17. The number of halogens is 1. The molecule has 4 nitrogen and oxygen atoms in total. The molecule has 0 aliphatic rings. The largest absolute Gasteiger partial charge is 0.313 e. The van der Waals surface area contributed by atoms with Crippen LogP contribution < -0.4 is 5.32 Å². The zero-order chi connectivity index (χ0) is 10.8. The molecule has 2 aromatic rings. The molecule has 0 saturated carbocycles. The Labute approximate surface area is 91.6 Å². The van der Waals surface area contributed by atoms with Gasteiger partial charge in [0.15, 0.2) is 5.78 Å². The van der Waals surface area contributed by atoms with Crippen LogP contribution in [-0.4, -0.2) is 29.6 Å². The Morgan fingerprint density at radius 2 is 2.40 bits per heavy atom. The first-order valence-corrected chi connectivity index (χ1v) is 4.91. The Balaban J connectivity index is 2.43. The second-order valence-electron chi connectivity index (χ2n) is 3.22. The molecule has 0 spiro atoms. The van der Waals surface area contributed by atoms with E-state index in [2.05, 4.69) is 15.5 Å². The zero-order valence-electron chi connectivity index (χ0n) is 8.17. The molecule has 2 N–H and O–H groups in total. The predicted octanol–water partition coefficient (Wildman–Crippen LogP) is 1.62. The molecule has 78 valence electrons. The number of H-pyrrole nitrogens is 1. The Hall–Kier alpha value is -1.39.